The van der Waals surface area contributed by atoms with Gasteiger partial charge in [0.2, 0.25) is 23.6 Å². The lowest BCUT2D eigenvalue weighted by Gasteiger charge is -2.39. The summed E-state index contributed by atoms with van der Waals surface area (Å²) in [6, 6.07) is 7.33. The Hall–Kier alpha value is -3.06. The predicted molar refractivity (Wildman–Crippen MR) is 188 cm³/mol. The molecule has 7 unspecified atom stereocenters. The normalized spacial score (nSPS) is 18.6. The highest BCUT2D eigenvalue weighted by Gasteiger charge is 2.42. The first kappa shape index (κ1) is 43.0. The molecule has 1 aliphatic heterocycles. The van der Waals surface area contributed by atoms with E-state index in [0.29, 0.717) is 13.0 Å². The summed E-state index contributed by atoms with van der Waals surface area (Å²) in [5.74, 6) is -1.75. The van der Waals surface area contributed by atoms with E-state index in [1.165, 1.54) is 13.5 Å². The quantitative estimate of drug-likeness (QED) is 0.184. The number of nitrogens with two attached hydrogens (primary N) is 1. The fourth-order valence-corrected chi connectivity index (χ4v) is 6.22. The highest BCUT2D eigenvalue weighted by Crippen LogP contribution is 2.29. The third-order valence-electron chi connectivity index (χ3n) is 9.06. The van der Waals surface area contributed by atoms with Gasteiger partial charge >= 0.3 is 0 Å². The maximum absolute atomic E-state index is 13.8. The van der Waals surface area contributed by atoms with E-state index in [9.17, 15) is 24.3 Å². The molecule has 12 heteroatoms. The summed E-state index contributed by atoms with van der Waals surface area (Å²) in [6.07, 6.45) is 2.60. The molecule has 1 aliphatic rings. The summed E-state index contributed by atoms with van der Waals surface area (Å²) in [5.41, 5.74) is 6.52. The smallest absolute Gasteiger partial charge is 0.243 e. The molecule has 1 fully saturated rings. The Kier molecular flexibility index (Phi) is 20.2. The van der Waals surface area contributed by atoms with Crippen LogP contribution in [0.5, 0.6) is 0 Å². The topological polar surface area (TPSA) is 164 Å². The number of rotatable bonds is 18. The zero-order valence-corrected chi connectivity index (χ0v) is 30.7. The van der Waals surface area contributed by atoms with Crippen LogP contribution in [0.3, 0.4) is 0 Å². The third kappa shape index (κ3) is 12.8. The first-order chi connectivity index (χ1) is 22.8. The molecule has 1 saturated heterocycles. The number of carbonyl (C=O) groups excluding carboxylic acids is 4. The molecule has 12 nitrogen and oxygen atoms in total. The maximum atomic E-state index is 13.8. The van der Waals surface area contributed by atoms with Crippen molar-refractivity contribution in [3.63, 3.8) is 0 Å². The van der Waals surface area contributed by atoms with E-state index >= 15 is 0 Å². The minimum absolute atomic E-state index is 0.0591. The molecular weight excluding hydrogens is 614 g/mol. The zero-order chi connectivity index (χ0) is 36.4. The van der Waals surface area contributed by atoms with Gasteiger partial charge in [0.15, 0.2) is 0 Å². The molecule has 2 rings (SSSR count). The summed E-state index contributed by atoms with van der Waals surface area (Å²) < 4.78 is 11.7. The number of amides is 4. The zero-order valence-electron chi connectivity index (χ0n) is 30.7. The van der Waals surface area contributed by atoms with Gasteiger partial charge in [-0.15, -0.1) is 0 Å². The first-order valence-corrected chi connectivity index (χ1v) is 17.4. The van der Waals surface area contributed by atoms with Gasteiger partial charge in [0.25, 0.3) is 0 Å². The van der Waals surface area contributed by atoms with Crippen LogP contribution >= 0.6 is 0 Å². The highest BCUT2D eigenvalue weighted by molar-refractivity contribution is 5.89. The second-order valence-corrected chi connectivity index (χ2v) is 12.9. The summed E-state index contributed by atoms with van der Waals surface area (Å²) in [5, 5.41) is 15.1. The Bertz CT molecular complexity index is 1110. The average Bonchev–Trinajstić information content (AvgIpc) is 3.57. The number of benzene rings is 1. The minimum atomic E-state index is -0.872. The maximum Gasteiger partial charge on any atom is 0.243 e. The van der Waals surface area contributed by atoms with Gasteiger partial charge < -0.3 is 40.7 Å². The van der Waals surface area contributed by atoms with Crippen LogP contribution in [-0.2, 0) is 35.1 Å². The number of methoxy groups -OCH3 is 2. The fourth-order valence-electron chi connectivity index (χ4n) is 6.22. The number of likely N-dealkylation sites (N-methyl/N-ethyl adjacent to an activating group) is 1. The van der Waals surface area contributed by atoms with Gasteiger partial charge in [-0.3, -0.25) is 19.2 Å². The van der Waals surface area contributed by atoms with E-state index < -0.39 is 36.1 Å². The first-order valence-electron chi connectivity index (χ1n) is 17.4. The molecule has 1 heterocycles. The number of carbonyl (C=O) groups is 4. The molecule has 0 spiro atoms. The highest BCUT2D eigenvalue weighted by atomic mass is 16.5. The van der Waals surface area contributed by atoms with Crippen LogP contribution in [0.2, 0.25) is 0 Å². The Morgan fingerprint density at radius 3 is 2.17 bits per heavy atom. The molecular formula is C36H63N5O7. The van der Waals surface area contributed by atoms with Crippen molar-refractivity contribution in [2.45, 2.75) is 116 Å². The molecule has 1 aromatic rings. The summed E-state index contributed by atoms with van der Waals surface area (Å²) in [4.78, 5) is 56.4. The van der Waals surface area contributed by atoms with Crippen LogP contribution in [0.1, 0.15) is 79.2 Å². The number of hydrogen-bond acceptors (Lipinski definition) is 8. The van der Waals surface area contributed by atoms with Crippen LogP contribution in [0.25, 0.3) is 0 Å². The van der Waals surface area contributed by atoms with Crippen molar-refractivity contribution in [3.05, 3.63) is 35.9 Å². The lowest BCUT2D eigenvalue weighted by molar-refractivity contribution is -0.145. The molecule has 8 atom stereocenters. The third-order valence-corrected chi connectivity index (χ3v) is 9.06. The molecule has 1 aromatic carbocycles. The molecule has 0 aromatic heterocycles. The average molecular weight is 678 g/mol. The van der Waals surface area contributed by atoms with E-state index in [-0.39, 0.29) is 61.7 Å². The van der Waals surface area contributed by atoms with Crippen LogP contribution in [0, 0.1) is 11.8 Å². The largest absolute Gasteiger partial charge is 0.394 e. The van der Waals surface area contributed by atoms with Crippen molar-refractivity contribution in [2.75, 3.05) is 41.0 Å². The summed E-state index contributed by atoms with van der Waals surface area (Å²) in [7, 11) is 4.76. The molecule has 4 amide bonds. The lowest BCUT2D eigenvalue weighted by atomic mass is 9.90. The lowest BCUT2D eigenvalue weighted by Crippen LogP contribution is -2.55. The van der Waals surface area contributed by atoms with Gasteiger partial charge in [-0.1, -0.05) is 77.8 Å². The van der Waals surface area contributed by atoms with Crippen LogP contribution in [0.15, 0.2) is 30.3 Å². The molecule has 0 aliphatic carbocycles. The van der Waals surface area contributed by atoms with E-state index in [0.717, 1.165) is 18.4 Å². The monoisotopic (exact) mass is 677 g/mol. The molecule has 0 radical (unpaired) electrons. The number of hydrogen-bond donors (Lipinski definition) is 4. The van der Waals surface area contributed by atoms with Crippen molar-refractivity contribution in [2.24, 2.45) is 17.6 Å². The number of aliphatic hydroxyl groups is 1. The number of nitrogens with zero attached hydrogens (tertiary/aromatic N) is 2. The fraction of sp³-hybridized carbons (Fsp3) is 0.722. The Labute approximate surface area is 288 Å². The van der Waals surface area contributed by atoms with Crippen LogP contribution in [-0.4, -0.2) is 116 Å². The van der Waals surface area contributed by atoms with Gasteiger partial charge in [-0.25, -0.2) is 0 Å². The second kappa shape index (κ2) is 22.6. The molecule has 0 saturated carbocycles. The second-order valence-electron chi connectivity index (χ2n) is 12.9. The van der Waals surface area contributed by atoms with Crippen molar-refractivity contribution < 1.29 is 33.8 Å². The van der Waals surface area contributed by atoms with Gasteiger partial charge in [-0.05, 0) is 31.2 Å². The Morgan fingerprint density at radius 1 is 1.02 bits per heavy atom. The Morgan fingerprint density at radius 2 is 1.65 bits per heavy atom. The van der Waals surface area contributed by atoms with Gasteiger partial charge in [-0.2, -0.15) is 0 Å². The number of aliphatic hydroxyl groups excluding tert-OH is 1. The van der Waals surface area contributed by atoms with E-state index in [2.05, 4.69) is 24.5 Å². The molecule has 274 valence electrons. The number of ether oxygens (including phenoxy) is 2. The Balaban J connectivity index is 0.00000369. The number of nitrogens with one attached hydrogen (secondary N) is 2. The van der Waals surface area contributed by atoms with Crippen molar-refractivity contribution in [3.8, 4) is 0 Å². The minimum Gasteiger partial charge on any atom is -0.394 e. The van der Waals surface area contributed by atoms with Crippen molar-refractivity contribution in [1.82, 2.24) is 20.4 Å². The van der Waals surface area contributed by atoms with Crippen molar-refractivity contribution >= 4 is 23.6 Å². The van der Waals surface area contributed by atoms with E-state index in [1.807, 2.05) is 44.2 Å². The molecule has 5 N–H and O–H groups in total. The van der Waals surface area contributed by atoms with Crippen LogP contribution in [0.4, 0.5) is 0 Å². The van der Waals surface area contributed by atoms with Gasteiger partial charge in [0.05, 0.1) is 49.8 Å². The standard InChI is InChI=1S/C33H55N5O7.C3H8/c1-8-21(2)30(37(5)29(41)19-34)27(44-6)18-28(40)38-16-12-15-26(38)31(45-7)23(4)32(42)36-25(33(43)35-22(3)20-39)17-24-13-10-9-11-14-24;1-3-2/h9-11,13-14,21-23,25-27,30-31,39H,8,12,15-20,34H2,1-7H3,(H,35,43)(H,36,42);3H2,1-2H3/t21?,22?,23?,25-,26?,27?,30?,31?;/m0./s1. The number of likely N-dealkylation sites (tertiary alicyclic amines) is 1. The SMILES string of the molecule is CCC.CCC(C)C(C(CC(=O)N1CCCC1C(OC)C(C)C(=O)N[C@@H](Cc1ccccc1)C(=O)NC(C)CO)OC)N(C)C(=O)CN. The van der Waals surface area contributed by atoms with Crippen molar-refractivity contribution in [1.29, 1.82) is 0 Å². The molecule has 48 heavy (non-hydrogen) atoms. The molecule has 0 bridgehead atoms. The summed E-state index contributed by atoms with van der Waals surface area (Å²) >= 11 is 0. The van der Waals surface area contributed by atoms with Gasteiger partial charge in [0.1, 0.15) is 6.04 Å². The predicted octanol–water partition coefficient (Wildman–Crippen LogP) is 2.51. The summed E-state index contributed by atoms with van der Waals surface area (Å²) in [6.45, 7) is 11.9. The van der Waals surface area contributed by atoms with E-state index in [1.54, 1.807) is 37.8 Å². The van der Waals surface area contributed by atoms with Crippen LogP contribution < -0.4 is 16.4 Å². The van der Waals surface area contributed by atoms with E-state index in [4.69, 9.17) is 15.2 Å². The van der Waals surface area contributed by atoms with Gasteiger partial charge in [0, 0.05) is 40.3 Å².